The van der Waals surface area contributed by atoms with E-state index in [0.29, 0.717) is 11.7 Å². The summed E-state index contributed by atoms with van der Waals surface area (Å²) >= 11 is 7.94. The Morgan fingerprint density at radius 1 is 1.59 bits per heavy atom. The first-order chi connectivity index (χ1) is 12.9. The Balaban J connectivity index is 1.57. The molecular formula is C20H27ClN2O3S. The fourth-order valence-corrected chi connectivity index (χ4v) is 4.56. The summed E-state index contributed by atoms with van der Waals surface area (Å²) in [7, 11) is 0. The van der Waals surface area contributed by atoms with E-state index >= 15 is 0 Å². The molecule has 3 rings (SSSR count). The number of aliphatic carboxylic acids is 1. The molecule has 3 N–H and O–H groups in total. The van der Waals surface area contributed by atoms with Gasteiger partial charge >= 0.3 is 5.97 Å². The summed E-state index contributed by atoms with van der Waals surface area (Å²) in [5, 5.41) is 15.7. The quantitative estimate of drug-likeness (QED) is 0.420. The van der Waals surface area contributed by atoms with Crippen molar-refractivity contribution in [1.82, 2.24) is 10.6 Å². The van der Waals surface area contributed by atoms with Crippen LogP contribution in [-0.4, -0.2) is 46.0 Å². The fourth-order valence-electron chi connectivity index (χ4n) is 3.20. The van der Waals surface area contributed by atoms with Gasteiger partial charge in [0.15, 0.2) is 5.06 Å². The molecule has 1 fully saturated rings. The van der Waals surface area contributed by atoms with Gasteiger partial charge in [0.1, 0.15) is 11.8 Å². The van der Waals surface area contributed by atoms with Crippen molar-refractivity contribution in [2.24, 2.45) is 5.92 Å². The van der Waals surface area contributed by atoms with E-state index in [2.05, 4.69) is 41.9 Å². The predicted molar refractivity (Wildman–Crippen MR) is 111 cm³/mol. The van der Waals surface area contributed by atoms with Crippen LogP contribution in [0.15, 0.2) is 47.7 Å². The van der Waals surface area contributed by atoms with E-state index in [1.807, 2.05) is 19.1 Å². The number of carbonyl (C=O) groups is 1. The molecule has 0 amide bonds. The van der Waals surface area contributed by atoms with Crippen LogP contribution in [0.2, 0.25) is 0 Å². The molecule has 0 aromatic carbocycles. The molecule has 5 unspecified atom stereocenters. The van der Waals surface area contributed by atoms with Crippen molar-refractivity contribution in [3.05, 3.63) is 47.7 Å². The van der Waals surface area contributed by atoms with Crippen LogP contribution in [-0.2, 0) is 9.53 Å². The molecule has 1 aliphatic carbocycles. The Morgan fingerprint density at radius 3 is 3.04 bits per heavy atom. The highest BCUT2D eigenvalue weighted by molar-refractivity contribution is 8.00. The lowest BCUT2D eigenvalue weighted by atomic mass is 10.0. The van der Waals surface area contributed by atoms with Gasteiger partial charge in [-0.05, 0) is 31.3 Å². The van der Waals surface area contributed by atoms with Crippen LogP contribution < -0.4 is 10.6 Å². The molecule has 3 aliphatic rings. The molecule has 2 aliphatic heterocycles. The maximum Gasteiger partial charge on any atom is 0.352 e. The van der Waals surface area contributed by atoms with Gasteiger partial charge < -0.3 is 20.5 Å². The summed E-state index contributed by atoms with van der Waals surface area (Å²) in [6.07, 6.45) is 13.8. The zero-order chi connectivity index (χ0) is 19.4. The zero-order valence-corrected chi connectivity index (χ0v) is 17.2. The van der Waals surface area contributed by atoms with Crippen molar-refractivity contribution in [1.29, 1.82) is 0 Å². The Bertz CT molecular complexity index is 691. The SMILES string of the molecule is CCC1(Cl)OC1/C=C/C1=C(C(=O)O)NC(C(C)NCC2C=CC=CC2)SC1. The van der Waals surface area contributed by atoms with Gasteiger partial charge in [0.05, 0.1) is 5.37 Å². The Kier molecular flexibility index (Phi) is 6.74. The Labute approximate surface area is 169 Å². The van der Waals surface area contributed by atoms with Crippen LogP contribution in [0.25, 0.3) is 0 Å². The van der Waals surface area contributed by atoms with Gasteiger partial charge in [0, 0.05) is 18.3 Å². The molecule has 0 radical (unpaired) electrons. The Morgan fingerprint density at radius 2 is 2.41 bits per heavy atom. The van der Waals surface area contributed by atoms with Gasteiger partial charge in [-0.2, -0.15) is 0 Å². The second-order valence-electron chi connectivity index (χ2n) is 7.12. The van der Waals surface area contributed by atoms with E-state index in [0.717, 1.165) is 25.0 Å². The largest absolute Gasteiger partial charge is 0.477 e. The number of hydrogen-bond donors (Lipinski definition) is 3. The second kappa shape index (κ2) is 8.86. The van der Waals surface area contributed by atoms with Crippen molar-refractivity contribution in [2.45, 2.75) is 49.3 Å². The van der Waals surface area contributed by atoms with Crippen LogP contribution >= 0.6 is 23.4 Å². The molecule has 1 saturated heterocycles. The number of nitrogens with one attached hydrogen (secondary N) is 2. The molecule has 2 heterocycles. The molecule has 0 aromatic rings. The smallest absolute Gasteiger partial charge is 0.352 e. The number of alkyl halides is 1. The van der Waals surface area contributed by atoms with Gasteiger partial charge in [0.2, 0.25) is 0 Å². The highest BCUT2D eigenvalue weighted by atomic mass is 35.5. The predicted octanol–water partition coefficient (Wildman–Crippen LogP) is 3.40. The first kappa shape index (κ1) is 20.5. The summed E-state index contributed by atoms with van der Waals surface area (Å²) in [5.74, 6) is 0.200. The van der Waals surface area contributed by atoms with E-state index in [4.69, 9.17) is 16.3 Å². The van der Waals surface area contributed by atoms with E-state index in [1.165, 1.54) is 0 Å². The van der Waals surface area contributed by atoms with Crippen LogP contribution in [0, 0.1) is 5.92 Å². The molecule has 0 bridgehead atoms. The van der Waals surface area contributed by atoms with Gasteiger partial charge in [-0.15, -0.1) is 11.8 Å². The first-order valence-electron chi connectivity index (χ1n) is 9.39. The van der Waals surface area contributed by atoms with Gasteiger partial charge in [-0.25, -0.2) is 4.79 Å². The zero-order valence-electron chi connectivity index (χ0n) is 15.7. The summed E-state index contributed by atoms with van der Waals surface area (Å²) in [6, 6.07) is 0.150. The normalized spacial score (nSPS) is 34.0. The molecular weight excluding hydrogens is 384 g/mol. The van der Waals surface area contributed by atoms with Crippen molar-refractivity contribution >= 4 is 29.3 Å². The molecule has 0 saturated carbocycles. The van der Waals surface area contributed by atoms with Gasteiger partial charge in [-0.3, -0.25) is 0 Å². The summed E-state index contributed by atoms with van der Waals surface area (Å²) in [6.45, 7) is 4.95. The summed E-state index contributed by atoms with van der Waals surface area (Å²) in [4.78, 5) is 11.7. The van der Waals surface area contributed by atoms with Crippen LogP contribution in [0.3, 0.4) is 0 Å². The minimum atomic E-state index is -0.933. The van der Waals surface area contributed by atoms with Crippen molar-refractivity contribution in [2.75, 3.05) is 12.3 Å². The number of rotatable bonds is 8. The van der Waals surface area contributed by atoms with E-state index in [1.54, 1.807) is 11.8 Å². The minimum absolute atomic E-state index is 0.0105. The lowest BCUT2D eigenvalue weighted by Crippen LogP contribution is -2.48. The molecule has 27 heavy (non-hydrogen) atoms. The summed E-state index contributed by atoms with van der Waals surface area (Å²) in [5.41, 5.74) is 1.03. The van der Waals surface area contributed by atoms with Crippen LogP contribution in [0.5, 0.6) is 0 Å². The number of thioether (sulfide) groups is 1. The number of ether oxygens (including phenoxy) is 1. The lowest BCUT2D eigenvalue weighted by Gasteiger charge is -2.32. The van der Waals surface area contributed by atoms with Crippen molar-refractivity contribution < 1.29 is 14.6 Å². The third kappa shape index (κ3) is 5.19. The average molecular weight is 411 g/mol. The fraction of sp³-hybridized carbons (Fsp3) is 0.550. The third-order valence-corrected chi connectivity index (χ3v) is 7.04. The van der Waals surface area contributed by atoms with Crippen molar-refractivity contribution in [3.63, 3.8) is 0 Å². The molecule has 0 spiro atoms. The number of allylic oxidation sites excluding steroid dienone is 4. The maximum atomic E-state index is 11.7. The molecule has 7 heteroatoms. The number of carboxylic acids is 1. The van der Waals surface area contributed by atoms with E-state index in [-0.39, 0.29) is 23.2 Å². The Hall–Kier alpha value is -1.21. The molecule has 0 aromatic heterocycles. The highest BCUT2D eigenvalue weighted by Crippen LogP contribution is 2.44. The molecule has 5 nitrogen and oxygen atoms in total. The van der Waals surface area contributed by atoms with Crippen molar-refractivity contribution in [3.8, 4) is 0 Å². The van der Waals surface area contributed by atoms with Crippen LogP contribution in [0.4, 0.5) is 0 Å². The average Bonchev–Trinajstić information content (AvgIpc) is 3.35. The number of hydrogen-bond acceptors (Lipinski definition) is 5. The summed E-state index contributed by atoms with van der Waals surface area (Å²) < 4.78 is 5.45. The van der Waals surface area contributed by atoms with E-state index in [9.17, 15) is 9.90 Å². The number of epoxide rings is 1. The number of carboxylic acid groups (broad SMARTS) is 1. The maximum absolute atomic E-state index is 11.7. The topological polar surface area (TPSA) is 73.9 Å². The number of halogens is 1. The second-order valence-corrected chi connectivity index (χ2v) is 8.89. The lowest BCUT2D eigenvalue weighted by molar-refractivity contribution is -0.133. The highest BCUT2D eigenvalue weighted by Gasteiger charge is 2.52. The van der Waals surface area contributed by atoms with E-state index < -0.39 is 11.0 Å². The van der Waals surface area contributed by atoms with Gasteiger partial charge in [-0.1, -0.05) is 55.0 Å². The molecule has 148 valence electrons. The first-order valence-corrected chi connectivity index (χ1v) is 10.8. The standard InChI is InChI=1S/C20H27ClN2O3S/c1-3-20(21)16(26-20)10-9-15-12-27-18(23-17(15)19(24)25)13(2)22-11-14-7-5-4-6-8-14/h4-7,9-10,13-14,16,18,22-23H,3,8,11-12H2,1-2H3,(H,24,25)/b10-9+. The van der Waals surface area contributed by atoms with Crippen LogP contribution in [0.1, 0.15) is 26.7 Å². The minimum Gasteiger partial charge on any atom is -0.477 e. The third-order valence-electron chi connectivity index (χ3n) is 5.11. The molecule has 5 atom stereocenters. The van der Waals surface area contributed by atoms with Gasteiger partial charge in [0.25, 0.3) is 0 Å². The monoisotopic (exact) mass is 410 g/mol.